The van der Waals surface area contributed by atoms with Crippen LogP contribution in [0.25, 0.3) is 0 Å². The van der Waals surface area contributed by atoms with Crippen LogP contribution >= 0.6 is 0 Å². The topological polar surface area (TPSA) is 58.1 Å². The number of para-hydroxylation sites is 1. The Bertz CT molecular complexity index is 757. The molecule has 2 aromatic carbocycles. The maximum atomic E-state index is 5.71. The van der Waals surface area contributed by atoms with Crippen LogP contribution in [0.5, 0.6) is 11.5 Å². The van der Waals surface area contributed by atoms with Crippen molar-refractivity contribution in [2.75, 3.05) is 46.9 Å². The molecule has 1 aliphatic heterocycles. The molecule has 0 atom stereocenters. The fourth-order valence-corrected chi connectivity index (χ4v) is 3.65. The molecular formula is C24H34N4O2. The molecule has 0 unspecified atom stereocenters. The van der Waals surface area contributed by atoms with E-state index < -0.39 is 0 Å². The van der Waals surface area contributed by atoms with E-state index in [-0.39, 0.29) is 0 Å². The number of ether oxygens (including phenoxy) is 2. The minimum Gasteiger partial charge on any atom is -0.497 e. The molecule has 1 fully saturated rings. The van der Waals surface area contributed by atoms with E-state index >= 15 is 0 Å². The van der Waals surface area contributed by atoms with Gasteiger partial charge in [0.05, 0.1) is 13.7 Å². The van der Waals surface area contributed by atoms with Crippen LogP contribution in [0.4, 0.5) is 0 Å². The SMILES string of the molecule is CN=C(NCCOc1ccccc1)NCC1CCN(Cc2ccc(OC)cc2)CC1. The Hall–Kier alpha value is -2.73. The summed E-state index contributed by atoms with van der Waals surface area (Å²) in [6, 6.07) is 18.3. The van der Waals surface area contributed by atoms with E-state index in [0.717, 1.165) is 50.2 Å². The predicted molar refractivity (Wildman–Crippen MR) is 122 cm³/mol. The van der Waals surface area contributed by atoms with Crippen molar-refractivity contribution >= 4 is 5.96 Å². The van der Waals surface area contributed by atoms with Gasteiger partial charge in [-0.2, -0.15) is 0 Å². The fourth-order valence-electron chi connectivity index (χ4n) is 3.65. The van der Waals surface area contributed by atoms with Gasteiger partial charge in [0.2, 0.25) is 0 Å². The van der Waals surface area contributed by atoms with Gasteiger partial charge in [0.15, 0.2) is 5.96 Å². The molecule has 6 nitrogen and oxygen atoms in total. The first kappa shape index (κ1) is 22.0. The lowest BCUT2D eigenvalue weighted by atomic mass is 9.96. The predicted octanol–water partition coefficient (Wildman–Crippen LogP) is 3.15. The lowest BCUT2D eigenvalue weighted by molar-refractivity contribution is 0.178. The van der Waals surface area contributed by atoms with E-state index in [1.807, 2.05) is 49.5 Å². The summed E-state index contributed by atoms with van der Waals surface area (Å²) in [6.45, 7) is 5.55. The van der Waals surface area contributed by atoms with Gasteiger partial charge in [-0.15, -0.1) is 0 Å². The molecule has 0 aromatic heterocycles. The minimum absolute atomic E-state index is 0.606. The highest BCUT2D eigenvalue weighted by Gasteiger charge is 2.19. The van der Waals surface area contributed by atoms with Gasteiger partial charge in [0.1, 0.15) is 18.1 Å². The molecule has 1 aliphatic rings. The zero-order chi connectivity index (χ0) is 21.0. The summed E-state index contributed by atoms with van der Waals surface area (Å²) in [6.07, 6.45) is 2.41. The molecule has 1 saturated heterocycles. The minimum atomic E-state index is 0.606. The summed E-state index contributed by atoms with van der Waals surface area (Å²) in [5, 5.41) is 6.79. The third-order valence-electron chi connectivity index (χ3n) is 5.46. The smallest absolute Gasteiger partial charge is 0.191 e. The van der Waals surface area contributed by atoms with E-state index in [9.17, 15) is 0 Å². The Kier molecular flexibility index (Phi) is 8.84. The zero-order valence-corrected chi connectivity index (χ0v) is 18.1. The van der Waals surface area contributed by atoms with Crippen LogP contribution in [0, 0.1) is 5.92 Å². The Morgan fingerprint density at radius 1 is 1.00 bits per heavy atom. The van der Waals surface area contributed by atoms with Gasteiger partial charge in [-0.25, -0.2) is 0 Å². The maximum Gasteiger partial charge on any atom is 0.191 e. The van der Waals surface area contributed by atoms with Crippen molar-refractivity contribution in [3.05, 3.63) is 60.2 Å². The number of methoxy groups -OCH3 is 1. The Morgan fingerprint density at radius 2 is 1.73 bits per heavy atom. The van der Waals surface area contributed by atoms with Crippen LogP contribution in [-0.4, -0.2) is 57.8 Å². The van der Waals surface area contributed by atoms with Crippen molar-refractivity contribution < 1.29 is 9.47 Å². The molecule has 0 amide bonds. The molecule has 0 aliphatic carbocycles. The molecule has 0 radical (unpaired) electrons. The Morgan fingerprint density at radius 3 is 2.40 bits per heavy atom. The van der Waals surface area contributed by atoms with Crippen molar-refractivity contribution in [1.29, 1.82) is 0 Å². The number of hydrogen-bond acceptors (Lipinski definition) is 4. The van der Waals surface area contributed by atoms with E-state index in [1.165, 1.54) is 18.4 Å². The summed E-state index contributed by atoms with van der Waals surface area (Å²) in [4.78, 5) is 6.85. The summed E-state index contributed by atoms with van der Waals surface area (Å²) in [7, 11) is 3.52. The second-order valence-electron chi connectivity index (χ2n) is 7.61. The third kappa shape index (κ3) is 7.26. The summed E-state index contributed by atoms with van der Waals surface area (Å²) in [5.74, 6) is 3.32. The average molecular weight is 411 g/mol. The molecule has 1 heterocycles. The van der Waals surface area contributed by atoms with Crippen LogP contribution < -0.4 is 20.1 Å². The molecular weight excluding hydrogens is 376 g/mol. The average Bonchev–Trinajstić information content (AvgIpc) is 2.81. The van der Waals surface area contributed by atoms with Crippen molar-refractivity contribution in [1.82, 2.24) is 15.5 Å². The van der Waals surface area contributed by atoms with Crippen molar-refractivity contribution in [3.63, 3.8) is 0 Å². The third-order valence-corrected chi connectivity index (χ3v) is 5.46. The van der Waals surface area contributed by atoms with Gasteiger partial charge in [0, 0.05) is 20.1 Å². The molecule has 162 valence electrons. The number of piperidine rings is 1. The first-order valence-corrected chi connectivity index (χ1v) is 10.7. The van der Waals surface area contributed by atoms with Crippen LogP contribution in [0.15, 0.2) is 59.6 Å². The first-order valence-electron chi connectivity index (χ1n) is 10.7. The van der Waals surface area contributed by atoms with Gasteiger partial charge < -0.3 is 20.1 Å². The van der Waals surface area contributed by atoms with E-state index in [4.69, 9.17) is 9.47 Å². The number of aliphatic imine (C=N–C) groups is 1. The first-order chi connectivity index (χ1) is 14.8. The number of benzene rings is 2. The van der Waals surface area contributed by atoms with Crippen LogP contribution in [0.2, 0.25) is 0 Å². The van der Waals surface area contributed by atoms with Crippen LogP contribution in [0.1, 0.15) is 18.4 Å². The van der Waals surface area contributed by atoms with Crippen molar-refractivity contribution in [3.8, 4) is 11.5 Å². The molecule has 30 heavy (non-hydrogen) atoms. The molecule has 3 rings (SSSR count). The van der Waals surface area contributed by atoms with E-state index in [1.54, 1.807) is 7.11 Å². The van der Waals surface area contributed by atoms with Gasteiger partial charge in [0.25, 0.3) is 0 Å². The summed E-state index contributed by atoms with van der Waals surface area (Å²) >= 11 is 0. The van der Waals surface area contributed by atoms with Gasteiger partial charge in [-0.3, -0.25) is 9.89 Å². The number of nitrogens with one attached hydrogen (secondary N) is 2. The Balaban J connectivity index is 1.30. The molecule has 0 spiro atoms. The second kappa shape index (κ2) is 12.1. The Labute approximate surface area is 180 Å². The number of rotatable bonds is 9. The normalized spacial score (nSPS) is 15.6. The molecule has 2 N–H and O–H groups in total. The highest BCUT2D eigenvalue weighted by Crippen LogP contribution is 2.19. The van der Waals surface area contributed by atoms with Gasteiger partial charge >= 0.3 is 0 Å². The van der Waals surface area contributed by atoms with Crippen LogP contribution in [0.3, 0.4) is 0 Å². The quantitative estimate of drug-likeness (QED) is 0.378. The molecule has 0 saturated carbocycles. The highest BCUT2D eigenvalue weighted by atomic mass is 16.5. The van der Waals surface area contributed by atoms with Crippen molar-refractivity contribution in [2.24, 2.45) is 10.9 Å². The van der Waals surface area contributed by atoms with E-state index in [2.05, 4.69) is 32.7 Å². The van der Waals surface area contributed by atoms with Crippen LogP contribution in [-0.2, 0) is 6.54 Å². The fraction of sp³-hybridized carbons (Fsp3) is 0.458. The van der Waals surface area contributed by atoms with Gasteiger partial charge in [-0.1, -0.05) is 30.3 Å². The molecule has 0 bridgehead atoms. The number of guanidine groups is 1. The summed E-state index contributed by atoms with van der Waals surface area (Å²) < 4.78 is 10.9. The van der Waals surface area contributed by atoms with E-state index in [0.29, 0.717) is 12.5 Å². The second-order valence-corrected chi connectivity index (χ2v) is 7.61. The lowest BCUT2D eigenvalue weighted by Gasteiger charge is -2.32. The number of likely N-dealkylation sites (tertiary alicyclic amines) is 1. The lowest BCUT2D eigenvalue weighted by Crippen LogP contribution is -2.43. The summed E-state index contributed by atoms with van der Waals surface area (Å²) in [5.41, 5.74) is 1.34. The maximum absolute atomic E-state index is 5.71. The number of hydrogen-bond donors (Lipinski definition) is 2. The van der Waals surface area contributed by atoms with Gasteiger partial charge in [-0.05, 0) is 61.7 Å². The standard InChI is InChI=1S/C24H34N4O2/c1-25-24(26-14-17-30-23-6-4-3-5-7-23)27-18-20-12-15-28(16-13-20)19-21-8-10-22(29-2)11-9-21/h3-11,20H,12-19H2,1-2H3,(H2,25,26,27). The largest absolute Gasteiger partial charge is 0.497 e. The monoisotopic (exact) mass is 410 g/mol. The molecule has 2 aromatic rings. The highest BCUT2D eigenvalue weighted by molar-refractivity contribution is 5.79. The zero-order valence-electron chi connectivity index (χ0n) is 18.1. The molecule has 6 heteroatoms. The number of nitrogens with zero attached hydrogens (tertiary/aromatic N) is 2. The van der Waals surface area contributed by atoms with Crippen molar-refractivity contribution in [2.45, 2.75) is 19.4 Å².